The lowest BCUT2D eigenvalue weighted by Crippen LogP contribution is -2.17. The Kier molecular flexibility index (Phi) is 8.17. The molecule has 0 radical (unpaired) electrons. The fourth-order valence-corrected chi connectivity index (χ4v) is 3.64. The molecule has 0 heterocycles. The minimum Gasteiger partial charge on any atom is -0.462 e. The molecule has 0 aromatic heterocycles. The van der Waals surface area contributed by atoms with Crippen molar-refractivity contribution in [1.29, 1.82) is 0 Å². The van der Waals surface area contributed by atoms with Crippen LogP contribution in [0.5, 0.6) is 0 Å². The van der Waals surface area contributed by atoms with Gasteiger partial charge < -0.3 is 4.74 Å². The second-order valence-electron chi connectivity index (χ2n) is 7.84. The van der Waals surface area contributed by atoms with E-state index in [1.54, 1.807) is 24.3 Å². The van der Waals surface area contributed by atoms with Gasteiger partial charge in [-0.15, -0.1) is 0 Å². The maximum absolute atomic E-state index is 13.1. The van der Waals surface area contributed by atoms with Crippen LogP contribution in [0.15, 0.2) is 78.9 Å². The molecule has 31 heavy (non-hydrogen) atoms. The Balaban J connectivity index is 1.92. The zero-order valence-corrected chi connectivity index (χ0v) is 18.3. The van der Waals surface area contributed by atoms with Crippen LogP contribution in [0, 0.1) is 5.92 Å². The number of carbonyl (C=O) groups excluding carboxylic acids is 2. The zero-order chi connectivity index (χ0) is 22.1. The van der Waals surface area contributed by atoms with Gasteiger partial charge in [0.1, 0.15) is 0 Å². The van der Waals surface area contributed by atoms with Gasteiger partial charge in [0.05, 0.1) is 12.2 Å². The molecular weight excluding hydrogens is 384 g/mol. The van der Waals surface area contributed by atoms with E-state index in [9.17, 15) is 9.59 Å². The highest BCUT2D eigenvalue weighted by Crippen LogP contribution is 2.25. The summed E-state index contributed by atoms with van der Waals surface area (Å²) >= 11 is 0. The number of carbonyl (C=O) groups is 2. The first kappa shape index (κ1) is 22.5. The highest BCUT2D eigenvalue weighted by atomic mass is 16.5. The van der Waals surface area contributed by atoms with E-state index in [1.165, 1.54) is 0 Å². The Labute approximate surface area is 185 Å². The van der Waals surface area contributed by atoms with E-state index in [0.717, 1.165) is 36.8 Å². The van der Waals surface area contributed by atoms with Crippen molar-refractivity contribution in [1.82, 2.24) is 0 Å². The Morgan fingerprint density at radius 2 is 1.48 bits per heavy atom. The molecule has 0 amide bonds. The minimum atomic E-state index is -0.438. The quantitative estimate of drug-likeness (QED) is 0.266. The molecule has 1 atom stereocenters. The molecule has 3 heteroatoms. The third-order valence-electron chi connectivity index (χ3n) is 5.62. The molecule has 160 valence electrons. The van der Waals surface area contributed by atoms with Gasteiger partial charge in [0, 0.05) is 11.1 Å². The summed E-state index contributed by atoms with van der Waals surface area (Å²) in [6.07, 6.45) is 4.25. The van der Waals surface area contributed by atoms with Crippen LogP contribution in [-0.4, -0.2) is 18.4 Å². The minimum absolute atomic E-state index is 0.176. The second kappa shape index (κ2) is 11.3. The van der Waals surface area contributed by atoms with E-state index in [0.29, 0.717) is 29.2 Å². The summed E-state index contributed by atoms with van der Waals surface area (Å²) in [6, 6.07) is 24.3. The summed E-state index contributed by atoms with van der Waals surface area (Å²) in [5, 5.41) is 0. The van der Waals surface area contributed by atoms with Gasteiger partial charge in [-0.25, -0.2) is 4.79 Å². The first-order chi connectivity index (χ1) is 15.1. The lowest BCUT2D eigenvalue weighted by Gasteiger charge is -2.16. The average molecular weight is 415 g/mol. The van der Waals surface area contributed by atoms with E-state index in [1.807, 2.05) is 54.6 Å². The number of esters is 1. The molecule has 3 aromatic carbocycles. The molecule has 0 aliphatic rings. The number of unbranched alkanes of at least 4 members (excludes halogenated alkanes) is 1. The van der Waals surface area contributed by atoms with Crippen molar-refractivity contribution in [2.75, 3.05) is 6.61 Å². The van der Waals surface area contributed by atoms with Crippen molar-refractivity contribution in [2.24, 2.45) is 5.92 Å². The largest absolute Gasteiger partial charge is 0.462 e. The molecule has 0 spiro atoms. The number of hydrogen-bond acceptors (Lipinski definition) is 3. The second-order valence-corrected chi connectivity index (χ2v) is 7.84. The molecule has 1 unspecified atom stereocenters. The fourth-order valence-electron chi connectivity index (χ4n) is 3.64. The van der Waals surface area contributed by atoms with Gasteiger partial charge in [-0.3, -0.25) is 4.79 Å². The summed E-state index contributed by atoms with van der Waals surface area (Å²) in [5.74, 6) is -0.272. The monoisotopic (exact) mass is 414 g/mol. The summed E-state index contributed by atoms with van der Waals surface area (Å²) in [6.45, 7) is 4.66. The lowest BCUT2D eigenvalue weighted by molar-refractivity contribution is 0.0426. The van der Waals surface area contributed by atoms with Crippen LogP contribution in [-0.2, 0) is 4.74 Å². The number of benzene rings is 3. The lowest BCUT2D eigenvalue weighted by atomic mass is 9.94. The van der Waals surface area contributed by atoms with Crippen LogP contribution >= 0.6 is 0 Å². The van der Waals surface area contributed by atoms with Gasteiger partial charge in [0.15, 0.2) is 5.78 Å². The topological polar surface area (TPSA) is 43.4 Å². The number of hydrogen-bond donors (Lipinski definition) is 0. The fraction of sp³-hybridized carbons (Fsp3) is 0.286. The van der Waals surface area contributed by atoms with Gasteiger partial charge in [-0.05, 0) is 35.6 Å². The third-order valence-corrected chi connectivity index (χ3v) is 5.62. The van der Waals surface area contributed by atoms with Gasteiger partial charge >= 0.3 is 5.97 Å². The van der Waals surface area contributed by atoms with Gasteiger partial charge in [-0.2, -0.15) is 0 Å². The summed E-state index contributed by atoms with van der Waals surface area (Å²) in [7, 11) is 0. The maximum atomic E-state index is 13.1. The van der Waals surface area contributed by atoms with E-state index >= 15 is 0 Å². The van der Waals surface area contributed by atoms with Crippen LogP contribution in [0.3, 0.4) is 0 Å². The van der Waals surface area contributed by atoms with E-state index in [-0.39, 0.29) is 5.78 Å². The van der Waals surface area contributed by atoms with Gasteiger partial charge in [0.25, 0.3) is 0 Å². The Bertz CT molecular complexity index is 993. The number of ketones is 1. The van der Waals surface area contributed by atoms with E-state index in [4.69, 9.17) is 4.74 Å². The Morgan fingerprint density at radius 1 is 0.806 bits per heavy atom. The number of ether oxygens (including phenoxy) is 1. The summed E-state index contributed by atoms with van der Waals surface area (Å²) in [4.78, 5) is 26.3. The predicted octanol–water partition coefficient (Wildman–Crippen LogP) is 6.96. The molecule has 3 nitrogen and oxygen atoms in total. The highest BCUT2D eigenvalue weighted by molar-refractivity contribution is 6.14. The first-order valence-corrected chi connectivity index (χ1v) is 11.1. The summed E-state index contributed by atoms with van der Waals surface area (Å²) in [5.41, 5.74) is 3.12. The standard InChI is InChI=1S/C28H30O3/c1-3-5-12-21(4-2)20-31-28(30)26-19-24(22-13-8-6-9-14-22)17-18-25(26)27(29)23-15-10-7-11-16-23/h6-11,13-19,21H,3-5,12,20H2,1-2H3. The molecule has 0 saturated carbocycles. The van der Waals surface area contributed by atoms with Crippen molar-refractivity contribution in [3.05, 3.63) is 95.6 Å². The van der Waals surface area contributed by atoms with Crippen molar-refractivity contribution in [3.8, 4) is 11.1 Å². The molecule has 3 rings (SSSR count). The average Bonchev–Trinajstić information content (AvgIpc) is 2.84. The predicted molar refractivity (Wildman–Crippen MR) is 125 cm³/mol. The van der Waals surface area contributed by atoms with Crippen LogP contribution in [0.2, 0.25) is 0 Å². The number of rotatable bonds is 10. The Hall–Kier alpha value is -3.20. The molecule has 0 bridgehead atoms. The van der Waals surface area contributed by atoms with Crippen LogP contribution in [0.25, 0.3) is 11.1 Å². The molecule has 0 aliphatic heterocycles. The maximum Gasteiger partial charge on any atom is 0.338 e. The van der Waals surface area contributed by atoms with Crippen molar-refractivity contribution >= 4 is 11.8 Å². The van der Waals surface area contributed by atoms with Crippen LogP contribution in [0.1, 0.15) is 65.8 Å². The van der Waals surface area contributed by atoms with Crippen LogP contribution < -0.4 is 0 Å². The van der Waals surface area contributed by atoms with Gasteiger partial charge in [-0.1, -0.05) is 99.8 Å². The van der Waals surface area contributed by atoms with E-state index < -0.39 is 5.97 Å². The smallest absolute Gasteiger partial charge is 0.338 e. The first-order valence-electron chi connectivity index (χ1n) is 11.1. The molecule has 0 N–H and O–H groups in total. The molecule has 0 fully saturated rings. The molecule has 0 aliphatic carbocycles. The van der Waals surface area contributed by atoms with Crippen molar-refractivity contribution < 1.29 is 14.3 Å². The SMILES string of the molecule is CCCCC(CC)COC(=O)c1cc(-c2ccccc2)ccc1C(=O)c1ccccc1. The van der Waals surface area contributed by atoms with E-state index in [2.05, 4.69) is 13.8 Å². The zero-order valence-electron chi connectivity index (χ0n) is 18.3. The normalized spacial score (nSPS) is 11.7. The van der Waals surface area contributed by atoms with Crippen molar-refractivity contribution in [2.45, 2.75) is 39.5 Å². The van der Waals surface area contributed by atoms with Gasteiger partial charge in [0.2, 0.25) is 0 Å². The van der Waals surface area contributed by atoms with Crippen molar-refractivity contribution in [3.63, 3.8) is 0 Å². The molecule has 0 saturated heterocycles. The third kappa shape index (κ3) is 5.91. The molecular formula is C28H30O3. The van der Waals surface area contributed by atoms with Crippen LogP contribution in [0.4, 0.5) is 0 Å². The Morgan fingerprint density at radius 3 is 2.13 bits per heavy atom. The highest BCUT2D eigenvalue weighted by Gasteiger charge is 2.21. The molecule has 3 aromatic rings. The summed E-state index contributed by atoms with van der Waals surface area (Å²) < 4.78 is 5.70.